The third-order valence-corrected chi connectivity index (χ3v) is 4.81. The molecule has 1 amide bonds. The molecule has 4 nitrogen and oxygen atoms in total. The van der Waals surface area contributed by atoms with E-state index in [0.29, 0.717) is 12.5 Å². The fraction of sp³-hybridized carbons (Fsp3) is 0.588. The molecular weight excluding hydrogens is 264 g/mol. The normalized spacial score (nSPS) is 22.9. The number of nitrogens with zero attached hydrogens (tertiary/aromatic N) is 1. The Bertz CT molecular complexity index is 472. The first-order chi connectivity index (χ1) is 10.1. The number of amides is 1. The van der Waals surface area contributed by atoms with Crippen molar-refractivity contribution >= 4 is 5.91 Å². The van der Waals surface area contributed by atoms with Gasteiger partial charge in [-0.25, -0.2) is 0 Å². The summed E-state index contributed by atoms with van der Waals surface area (Å²) in [5, 5.41) is 0. The van der Waals surface area contributed by atoms with Gasteiger partial charge in [-0.1, -0.05) is 18.6 Å². The highest BCUT2D eigenvalue weighted by Gasteiger charge is 2.34. The number of carbonyl (C=O) groups is 1. The van der Waals surface area contributed by atoms with Crippen LogP contribution in [0.3, 0.4) is 0 Å². The summed E-state index contributed by atoms with van der Waals surface area (Å²) in [4.78, 5) is 14.6. The second-order valence-corrected chi connectivity index (χ2v) is 5.93. The van der Waals surface area contributed by atoms with E-state index in [2.05, 4.69) is 6.92 Å². The number of ether oxygens (including phenoxy) is 1. The Morgan fingerprint density at radius 1 is 1.38 bits per heavy atom. The summed E-state index contributed by atoms with van der Waals surface area (Å²) in [6, 6.07) is 7.96. The van der Waals surface area contributed by atoms with E-state index >= 15 is 0 Å². The van der Waals surface area contributed by atoms with E-state index in [0.717, 1.165) is 30.6 Å². The summed E-state index contributed by atoms with van der Waals surface area (Å²) in [7, 11) is 3.55. The second-order valence-electron chi connectivity index (χ2n) is 5.93. The van der Waals surface area contributed by atoms with Crippen molar-refractivity contribution in [1.82, 2.24) is 4.90 Å². The van der Waals surface area contributed by atoms with Crippen molar-refractivity contribution in [2.24, 2.45) is 17.6 Å². The lowest BCUT2D eigenvalue weighted by molar-refractivity contribution is -0.137. The van der Waals surface area contributed by atoms with E-state index < -0.39 is 0 Å². The average molecular weight is 290 g/mol. The minimum atomic E-state index is 0.0578. The number of methoxy groups -OCH3 is 1. The van der Waals surface area contributed by atoms with Crippen LogP contribution in [0.5, 0.6) is 5.75 Å². The third-order valence-electron chi connectivity index (χ3n) is 4.81. The van der Waals surface area contributed by atoms with Gasteiger partial charge in [-0.3, -0.25) is 4.79 Å². The summed E-state index contributed by atoms with van der Waals surface area (Å²) in [6.07, 6.45) is 3.17. The zero-order valence-corrected chi connectivity index (χ0v) is 13.2. The van der Waals surface area contributed by atoms with Crippen molar-refractivity contribution in [3.05, 3.63) is 29.8 Å². The highest BCUT2D eigenvalue weighted by molar-refractivity contribution is 5.79. The number of hydrogen-bond donors (Lipinski definition) is 1. The molecular formula is C17H26N2O2. The van der Waals surface area contributed by atoms with Crippen LogP contribution in [0.25, 0.3) is 0 Å². The van der Waals surface area contributed by atoms with E-state index in [9.17, 15) is 4.79 Å². The van der Waals surface area contributed by atoms with E-state index in [1.807, 2.05) is 36.2 Å². The van der Waals surface area contributed by atoms with Crippen molar-refractivity contribution in [2.75, 3.05) is 20.7 Å². The number of hydrogen-bond acceptors (Lipinski definition) is 3. The lowest BCUT2D eigenvalue weighted by atomic mass is 9.94. The number of rotatable bonds is 5. The highest BCUT2D eigenvalue weighted by atomic mass is 16.5. The Morgan fingerprint density at radius 2 is 2.05 bits per heavy atom. The Balaban J connectivity index is 2.06. The molecule has 2 N–H and O–H groups in total. The van der Waals surface area contributed by atoms with Gasteiger partial charge in [-0.15, -0.1) is 0 Å². The van der Waals surface area contributed by atoms with E-state index in [1.165, 1.54) is 0 Å². The summed E-state index contributed by atoms with van der Waals surface area (Å²) < 4.78 is 5.17. The lowest BCUT2D eigenvalue weighted by Gasteiger charge is -2.30. The molecule has 0 aliphatic heterocycles. The lowest BCUT2D eigenvalue weighted by Crippen LogP contribution is -2.38. The predicted octanol–water partition coefficient (Wildman–Crippen LogP) is 2.59. The van der Waals surface area contributed by atoms with Crippen molar-refractivity contribution in [1.29, 1.82) is 0 Å². The average Bonchev–Trinajstić information content (AvgIpc) is 3.01. The Labute approximate surface area is 127 Å². The van der Waals surface area contributed by atoms with E-state index in [4.69, 9.17) is 10.5 Å². The standard InChI is InChI=1S/C17H26N2O2/c1-12(13-7-9-15(21-3)10-8-13)19(2)17(20)16-6-4-5-14(16)11-18/h7-10,12,14,16H,4-6,11,18H2,1-3H3/t12?,14-,16-/m1/s1. The van der Waals surface area contributed by atoms with Crippen molar-refractivity contribution in [2.45, 2.75) is 32.2 Å². The maximum absolute atomic E-state index is 12.7. The van der Waals surface area contributed by atoms with Gasteiger partial charge in [0, 0.05) is 13.0 Å². The number of nitrogens with two attached hydrogens (primary N) is 1. The van der Waals surface area contributed by atoms with Crippen LogP contribution in [-0.4, -0.2) is 31.5 Å². The first-order valence-electron chi connectivity index (χ1n) is 7.69. The molecule has 0 bridgehead atoms. The van der Waals surface area contributed by atoms with Gasteiger partial charge in [0.15, 0.2) is 0 Å². The molecule has 0 radical (unpaired) electrons. The zero-order valence-electron chi connectivity index (χ0n) is 13.2. The van der Waals surface area contributed by atoms with Crippen LogP contribution in [0.15, 0.2) is 24.3 Å². The highest BCUT2D eigenvalue weighted by Crippen LogP contribution is 2.34. The predicted molar refractivity (Wildman–Crippen MR) is 84.1 cm³/mol. The molecule has 1 aliphatic rings. The van der Waals surface area contributed by atoms with Crippen LogP contribution >= 0.6 is 0 Å². The molecule has 1 aliphatic carbocycles. The first-order valence-corrected chi connectivity index (χ1v) is 7.69. The monoisotopic (exact) mass is 290 g/mol. The molecule has 1 aromatic rings. The van der Waals surface area contributed by atoms with Crippen LogP contribution in [0.4, 0.5) is 0 Å². The fourth-order valence-corrected chi connectivity index (χ4v) is 3.20. The fourth-order valence-electron chi connectivity index (χ4n) is 3.20. The summed E-state index contributed by atoms with van der Waals surface area (Å²) in [5.41, 5.74) is 6.92. The van der Waals surface area contributed by atoms with Crippen molar-refractivity contribution in [3.63, 3.8) is 0 Å². The van der Waals surface area contributed by atoms with Gasteiger partial charge in [0.1, 0.15) is 5.75 Å². The van der Waals surface area contributed by atoms with Crippen molar-refractivity contribution < 1.29 is 9.53 Å². The molecule has 0 aromatic heterocycles. The minimum absolute atomic E-state index is 0.0578. The molecule has 0 heterocycles. The maximum Gasteiger partial charge on any atom is 0.226 e. The van der Waals surface area contributed by atoms with Crippen molar-refractivity contribution in [3.8, 4) is 5.75 Å². The van der Waals surface area contributed by atoms with Gasteiger partial charge >= 0.3 is 0 Å². The van der Waals surface area contributed by atoms with Crippen LogP contribution in [-0.2, 0) is 4.79 Å². The Morgan fingerprint density at radius 3 is 2.62 bits per heavy atom. The van der Waals surface area contributed by atoms with Gasteiger partial charge in [0.05, 0.1) is 13.2 Å². The van der Waals surface area contributed by atoms with Crippen LogP contribution < -0.4 is 10.5 Å². The summed E-state index contributed by atoms with van der Waals surface area (Å²) in [5.74, 6) is 1.51. The molecule has 1 saturated carbocycles. The summed E-state index contributed by atoms with van der Waals surface area (Å²) >= 11 is 0. The smallest absolute Gasteiger partial charge is 0.226 e. The Kier molecular flexibility index (Phi) is 5.23. The molecule has 1 aromatic carbocycles. The van der Waals surface area contributed by atoms with Crippen LogP contribution in [0.2, 0.25) is 0 Å². The second kappa shape index (κ2) is 6.94. The molecule has 4 heteroatoms. The van der Waals surface area contributed by atoms with E-state index in [1.54, 1.807) is 7.11 Å². The van der Waals surface area contributed by atoms with Gasteiger partial charge in [0.25, 0.3) is 0 Å². The van der Waals surface area contributed by atoms with Gasteiger partial charge < -0.3 is 15.4 Å². The summed E-state index contributed by atoms with van der Waals surface area (Å²) in [6.45, 7) is 2.67. The topological polar surface area (TPSA) is 55.6 Å². The van der Waals surface area contributed by atoms with Gasteiger partial charge in [-0.05, 0) is 49.9 Å². The molecule has 0 spiro atoms. The quantitative estimate of drug-likeness (QED) is 0.907. The third kappa shape index (κ3) is 3.38. The van der Waals surface area contributed by atoms with Crippen LogP contribution in [0, 0.1) is 11.8 Å². The molecule has 1 fully saturated rings. The molecule has 2 rings (SSSR count). The van der Waals surface area contributed by atoms with Gasteiger partial charge in [-0.2, -0.15) is 0 Å². The van der Waals surface area contributed by atoms with Crippen LogP contribution in [0.1, 0.15) is 37.8 Å². The minimum Gasteiger partial charge on any atom is -0.497 e. The Hall–Kier alpha value is -1.55. The molecule has 116 valence electrons. The molecule has 0 saturated heterocycles. The van der Waals surface area contributed by atoms with Gasteiger partial charge in [0.2, 0.25) is 5.91 Å². The molecule has 3 atom stereocenters. The zero-order chi connectivity index (χ0) is 15.4. The SMILES string of the molecule is COc1ccc(C(C)N(C)C(=O)[C@@H]2CCC[C@@H]2CN)cc1. The number of benzene rings is 1. The first kappa shape index (κ1) is 15.8. The molecule has 21 heavy (non-hydrogen) atoms. The largest absolute Gasteiger partial charge is 0.497 e. The number of carbonyl (C=O) groups excluding carboxylic acids is 1. The van der Waals surface area contributed by atoms with E-state index in [-0.39, 0.29) is 17.9 Å². The maximum atomic E-state index is 12.7. The molecule has 1 unspecified atom stereocenters.